The van der Waals surface area contributed by atoms with Crippen LogP contribution in [-0.4, -0.2) is 46.3 Å². The van der Waals surface area contributed by atoms with Gasteiger partial charge in [-0.3, -0.25) is 19.2 Å². The molecule has 2 aromatic carbocycles. The third-order valence-corrected chi connectivity index (χ3v) is 7.35. The van der Waals surface area contributed by atoms with Crippen molar-refractivity contribution in [1.29, 1.82) is 0 Å². The molecule has 3 amide bonds. The van der Waals surface area contributed by atoms with Crippen LogP contribution in [-0.2, 0) is 25.8 Å². The zero-order chi connectivity index (χ0) is 23.9. The molecule has 1 spiro atoms. The predicted octanol–water partition coefficient (Wildman–Crippen LogP) is 3.68. The summed E-state index contributed by atoms with van der Waals surface area (Å²) in [5.74, 6) is -1.15. The fourth-order valence-corrected chi connectivity index (χ4v) is 5.34. The Labute approximate surface area is 197 Å². The lowest BCUT2D eigenvalue weighted by Gasteiger charge is -2.43. The first-order chi connectivity index (χ1) is 16.4. The number of likely N-dealkylation sites (tertiary alicyclic amines) is 1. The van der Waals surface area contributed by atoms with E-state index >= 15 is 0 Å². The second-order valence-corrected chi connectivity index (χ2v) is 9.49. The largest absolute Gasteiger partial charge is 0.342 e. The van der Waals surface area contributed by atoms with Crippen molar-refractivity contribution in [3.8, 4) is 0 Å². The van der Waals surface area contributed by atoms with E-state index in [0.29, 0.717) is 44.3 Å². The molecule has 0 saturated carbocycles. The van der Waals surface area contributed by atoms with Gasteiger partial charge in [0, 0.05) is 37.2 Å². The number of hydrogen-bond donors (Lipinski definition) is 1. The lowest BCUT2D eigenvalue weighted by molar-refractivity contribution is -0.222. The van der Waals surface area contributed by atoms with Crippen molar-refractivity contribution in [2.24, 2.45) is 0 Å². The number of benzene rings is 2. The van der Waals surface area contributed by atoms with Gasteiger partial charge < -0.3 is 10.2 Å². The van der Waals surface area contributed by atoms with E-state index in [2.05, 4.69) is 5.32 Å². The Kier molecular flexibility index (Phi) is 5.85. The van der Waals surface area contributed by atoms with E-state index in [9.17, 15) is 18.8 Å². The molecule has 1 N–H and O–H groups in total. The van der Waals surface area contributed by atoms with Gasteiger partial charge >= 0.3 is 0 Å². The first kappa shape index (κ1) is 22.5. The molecule has 2 saturated heterocycles. The van der Waals surface area contributed by atoms with Crippen LogP contribution in [0.25, 0.3) is 0 Å². The first-order valence-corrected chi connectivity index (χ1v) is 11.7. The number of aryl methyl sites for hydroxylation is 1. The van der Waals surface area contributed by atoms with Crippen molar-refractivity contribution in [3.63, 3.8) is 0 Å². The summed E-state index contributed by atoms with van der Waals surface area (Å²) >= 11 is 0. The van der Waals surface area contributed by atoms with Gasteiger partial charge in [-0.25, -0.2) is 9.45 Å². The topological polar surface area (TPSA) is 79.0 Å². The number of fused-ring (bicyclic) bond motifs is 1. The summed E-state index contributed by atoms with van der Waals surface area (Å²) in [6, 6.07) is 12.1. The summed E-state index contributed by atoms with van der Waals surface area (Å²) in [4.78, 5) is 45.7. The van der Waals surface area contributed by atoms with Gasteiger partial charge in [0.25, 0.3) is 0 Å². The van der Waals surface area contributed by atoms with Crippen molar-refractivity contribution in [2.45, 2.75) is 57.1 Å². The maximum Gasteiger partial charge on any atom is 0.246 e. The number of halogens is 1. The van der Waals surface area contributed by atoms with Crippen molar-refractivity contribution in [3.05, 3.63) is 65.0 Å². The minimum atomic E-state index is -0.480. The Morgan fingerprint density at radius 1 is 1.15 bits per heavy atom. The van der Waals surface area contributed by atoms with E-state index in [4.69, 9.17) is 4.84 Å². The molecule has 3 aliphatic heterocycles. The van der Waals surface area contributed by atoms with Crippen LogP contribution in [0.3, 0.4) is 0 Å². The molecule has 1 unspecified atom stereocenters. The van der Waals surface area contributed by atoms with E-state index in [1.165, 1.54) is 11.1 Å². The Hall–Kier alpha value is -3.26. The number of hydrogen-bond acceptors (Lipinski definition) is 4. The van der Waals surface area contributed by atoms with Crippen LogP contribution in [0.15, 0.2) is 42.5 Å². The summed E-state index contributed by atoms with van der Waals surface area (Å²) in [6.07, 6.45) is 2.34. The average molecular weight is 466 g/mol. The SMILES string of the molecule is Cc1ccc2c(c1)C(CC(=O)N1CCC3(CCC(=O)N3OCc3ccccc3F)CC1)C(=O)N2. The second-order valence-electron chi connectivity index (χ2n) is 9.49. The molecule has 2 aromatic rings. The summed E-state index contributed by atoms with van der Waals surface area (Å²) in [5.41, 5.74) is 2.62. The average Bonchev–Trinajstić information content (AvgIpc) is 3.29. The molecule has 178 valence electrons. The van der Waals surface area contributed by atoms with Crippen molar-refractivity contribution in [2.75, 3.05) is 18.4 Å². The van der Waals surface area contributed by atoms with Gasteiger partial charge in [-0.1, -0.05) is 35.9 Å². The first-order valence-electron chi connectivity index (χ1n) is 11.7. The fourth-order valence-electron chi connectivity index (χ4n) is 5.34. The highest BCUT2D eigenvalue weighted by atomic mass is 19.1. The summed E-state index contributed by atoms with van der Waals surface area (Å²) in [7, 11) is 0. The van der Waals surface area contributed by atoms with Gasteiger partial charge in [0.1, 0.15) is 12.4 Å². The predicted molar refractivity (Wildman–Crippen MR) is 123 cm³/mol. The van der Waals surface area contributed by atoms with Crippen LogP contribution in [0.4, 0.5) is 10.1 Å². The molecule has 5 rings (SSSR count). The maximum atomic E-state index is 14.0. The molecule has 0 radical (unpaired) electrons. The van der Waals surface area contributed by atoms with Gasteiger partial charge in [-0.2, -0.15) is 0 Å². The molecule has 0 bridgehead atoms. The highest BCUT2D eigenvalue weighted by Gasteiger charge is 2.49. The number of amides is 3. The molecule has 7 nitrogen and oxygen atoms in total. The van der Waals surface area contributed by atoms with Gasteiger partial charge in [-0.05, 0) is 43.9 Å². The maximum absolute atomic E-state index is 14.0. The van der Waals surface area contributed by atoms with Crippen molar-refractivity contribution < 1.29 is 23.6 Å². The van der Waals surface area contributed by atoms with Crippen LogP contribution >= 0.6 is 0 Å². The lowest BCUT2D eigenvalue weighted by atomic mass is 9.85. The molecule has 3 heterocycles. The molecule has 2 fully saturated rings. The second kappa shape index (κ2) is 8.83. The smallest absolute Gasteiger partial charge is 0.246 e. The van der Waals surface area contributed by atoms with Crippen LogP contribution in [0.5, 0.6) is 0 Å². The summed E-state index contributed by atoms with van der Waals surface area (Å²) < 4.78 is 14.0. The molecule has 34 heavy (non-hydrogen) atoms. The Morgan fingerprint density at radius 2 is 1.91 bits per heavy atom. The Bertz CT molecular complexity index is 1140. The van der Waals surface area contributed by atoms with E-state index in [1.807, 2.05) is 25.1 Å². The van der Waals surface area contributed by atoms with Crippen molar-refractivity contribution >= 4 is 23.4 Å². The Morgan fingerprint density at radius 3 is 2.68 bits per heavy atom. The highest BCUT2D eigenvalue weighted by molar-refractivity contribution is 6.05. The zero-order valence-corrected chi connectivity index (χ0v) is 19.2. The molecular formula is C26H28FN3O4. The number of carbonyl (C=O) groups is 3. The van der Waals surface area contributed by atoms with E-state index < -0.39 is 11.5 Å². The standard InChI is InChI=1S/C26H28FN3O4/c1-17-6-7-22-19(14-17)20(25(33)28-22)15-24(32)29-12-10-26(11-13-29)9-8-23(31)30(26)34-16-18-4-2-3-5-21(18)27/h2-7,14,20H,8-13,15-16H2,1H3,(H,28,33). The Balaban J connectivity index is 1.22. The van der Waals surface area contributed by atoms with Crippen LogP contribution in [0, 0.1) is 12.7 Å². The number of anilines is 1. The van der Waals surface area contributed by atoms with Gasteiger partial charge in [0.05, 0.1) is 11.5 Å². The number of carbonyl (C=O) groups excluding carboxylic acids is 3. The normalized spacial score (nSPS) is 21.2. The number of nitrogens with one attached hydrogen (secondary N) is 1. The quantitative estimate of drug-likeness (QED) is 0.731. The number of hydroxylamine groups is 2. The number of piperidine rings is 1. The molecule has 1 atom stereocenters. The van der Waals surface area contributed by atoms with Crippen LogP contribution < -0.4 is 5.32 Å². The summed E-state index contributed by atoms with van der Waals surface area (Å²) in [5, 5.41) is 4.30. The fraction of sp³-hybridized carbons (Fsp3) is 0.423. The van der Waals surface area contributed by atoms with E-state index in [0.717, 1.165) is 16.8 Å². The lowest BCUT2D eigenvalue weighted by Crippen LogP contribution is -2.54. The minimum Gasteiger partial charge on any atom is -0.342 e. The van der Waals surface area contributed by atoms with Gasteiger partial charge in [0.2, 0.25) is 17.7 Å². The molecular weight excluding hydrogens is 437 g/mol. The minimum absolute atomic E-state index is 0.0155. The van der Waals surface area contributed by atoms with Crippen molar-refractivity contribution in [1.82, 2.24) is 9.96 Å². The highest BCUT2D eigenvalue weighted by Crippen LogP contribution is 2.41. The zero-order valence-electron chi connectivity index (χ0n) is 19.2. The number of nitrogens with zero attached hydrogens (tertiary/aromatic N) is 2. The third-order valence-electron chi connectivity index (χ3n) is 7.35. The number of rotatable bonds is 5. The third kappa shape index (κ3) is 4.07. The molecule has 0 aromatic heterocycles. The van der Waals surface area contributed by atoms with Crippen LogP contribution in [0.2, 0.25) is 0 Å². The molecule has 3 aliphatic rings. The monoisotopic (exact) mass is 465 g/mol. The molecule has 8 heteroatoms. The summed E-state index contributed by atoms with van der Waals surface area (Å²) in [6.45, 7) is 2.93. The van der Waals surface area contributed by atoms with Crippen LogP contribution in [0.1, 0.15) is 54.7 Å². The van der Waals surface area contributed by atoms with Gasteiger partial charge in [-0.15, -0.1) is 0 Å². The van der Waals surface area contributed by atoms with E-state index in [1.54, 1.807) is 23.1 Å². The van der Waals surface area contributed by atoms with E-state index in [-0.39, 0.29) is 36.6 Å². The molecule has 0 aliphatic carbocycles. The van der Waals surface area contributed by atoms with Gasteiger partial charge in [0.15, 0.2) is 0 Å².